The van der Waals surface area contributed by atoms with Crippen LogP contribution in [-0.2, 0) is 14.6 Å². The van der Waals surface area contributed by atoms with Crippen LogP contribution in [0.5, 0.6) is 0 Å². The summed E-state index contributed by atoms with van der Waals surface area (Å²) in [6.45, 7) is 1.60. The Labute approximate surface area is 103 Å². The number of morpholine rings is 1. The van der Waals surface area contributed by atoms with Gasteiger partial charge in [-0.3, -0.25) is 0 Å². The van der Waals surface area contributed by atoms with Crippen LogP contribution < -0.4 is 5.32 Å². The fourth-order valence-electron chi connectivity index (χ4n) is 3.63. The Bertz CT molecular complexity index is 394. The van der Waals surface area contributed by atoms with Gasteiger partial charge < -0.3 is 10.1 Å². The molecule has 2 heterocycles. The quantitative estimate of drug-likeness (QED) is 0.701. The second-order valence-electron chi connectivity index (χ2n) is 5.97. The Balaban J connectivity index is 1.79. The van der Waals surface area contributed by atoms with Gasteiger partial charge in [-0.15, -0.1) is 0 Å². The molecule has 1 aliphatic carbocycles. The second kappa shape index (κ2) is 3.93. The first kappa shape index (κ1) is 11.9. The van der Waals surface area contributed by atoms with E-state index in [-0.39, 0.29) is 11.4 Å². The van der Waals surface area contributed by atoms with E-state index in [9.17, 15) is 8.42 Å². The van der Waals surface area contributed by atoms with Crippen LogP contribution in [0.3, 0.4) is 0 Å². The normalized spacial score (nSPS) is 39.8. The van der Waals surface area contributed by atoms with Gasteiger partial charge in [-0.1, -0.05) is 19.3 Å². The molecule has 1 atom stereocenters. The molecular formula is C12H21NO3S. The molecule has 0 aromatic heterocycles. The van der Waals surface area contributed by atoms with Gasteiger partial charge in [0, 0.05) is 13.1 Å². The Morgan fingerprint density at radius 1 is 0.941 bits per heavy atom. The summed E-state index contributed by atoms with van der Waals surface area (Å²) in [6.07, 6.45) is 6.55. The van der Waals surface area contributed by atoms with Crippen molar-refractivity contribution in [3.8, 4) is 0 Å². The van der Waals surface area contributed by atoms with Gasteiger partial charge in [0.1, 0.15) is 0 Å². The Hall–Kier alpha value is -0.130. The van der Waals surface area contributed by atoms with Gasteiger partial charge in [0.25, 0.3) is 0 Å². The van der Waals surface area contributed by atoms with Crippen LogP contribution in [0, 0.1) is 0 Å². The first-order chi connectivity index (χ1) is 8.04. The first-order valence-electron chi connectivity index (χ1n) is 6.65. The van der Waals surface area contributed by atoms with E-state index in [1.54, 1.807) is 0 Å². The SMILES string of the molecule is O=S1(=O)CCC2(CNCC3(CCCCC3)O2)C1. The Kier molecular flexibility index (Phi) is 2.76. The lowest BCUT2D eigenvalue weighted by atomic mass is 9.82. The number of hydrogen-bond donors (Lipinski definition) is 1. The van der Waals surface area contributed by atoms with Crippen molar-refractivity contribution in [2.75, 3.05) is 24.6 Å². The van der Waals surface area contributed by atoms with E-state index in [0.717, 1.165) is 19.4 Å². The predicted octanol–water partition coefficient (Wildman–Crippen LogP) is 0.866. The average molecular weight is 259 g/mol. The van der Waals surface area contributed by atoms with E-state index in [4.69, 9.17) is 4.74 Å². The molecule has 4 nitrogen and oxygen atoms in total. The molecule has 5 heteroatoms. The molecular weight excluding hydrogens is 238 g/mol. The summed E-state index contributed by atoms with van der Waals surface area (Å²) < 4.78 is 29.7. The zero-order chi connectivity index (χ0) is 12.0. The molecule has 1 unspecified atom stereocenters. The number of nitrogens with one attached hydrogen (secondary N) is 1. The molecule has 17 heavy (non-hydrogen) atoms. The third-order valence-electron chi connectivity index (χ3n) is 4.44. The predicted molar refractivity (Wildman–Crippen MR) is 65.8 cm³/mol. The van der Waals surface area contributed by atoms with E-state index in [1.165, 1.54) is 19.3 Å². The van der Waals surface area contributed by atoms with Crippen LogP contribution in [0.25, 0.3) is 0 Å². The summed E-state index contributed by atoms with van der Waals surface area (Å²) in [4.78, 5) is 0. The molecule has 3 rings (SSSR count). The van der Waals surface area contributed by atoms with Crippen molar-refractivity contribution in [2.45, 2.75) is 49.7 Å². The van der Waals surface area contributed by atoms with Crippen molar-refractivity contribution >= 4 is 9.84 Å². The van der Waals surface area contributed by atoms with Gasteiger partial charge in [-0.2, -0.15) is 0 Å². The minimum atomic E-state index is -2.87. The van der Waals surface area contributed by atoms with Gasteiger partial charge in [-0.25, -0.2) is 8.42 Å². The molecule has 0 bridgehead atoms. The van der Waals surface area contributed by atoms with E-state index in [0.29, 0.717) is 18.7 Å². The van der Waals surface area contributed by atoms with E-state index in [2.05, 4.69) is 5.32 Å². The van der Waals surface area contributed by atoms with Crippen molar-refractivity contribution in [3.63, 3.8) is 0 Å². The van der Waals surface area contributed by atoms with Crippen molar-refractivity contribution in [2.24, 2.45) is 0 Å². The van der Waals surface area contributed by atoms with Gasteiger partial charge in [-0.05, 0) is 19.3 Å². The summed E-state index contributed by atoms with van der Waals surface area (Å²) in [5.74, 6) is 0.513. The molecule has 0 radical (unpaired) electrons. The number of hydrogen-bond acceptors (Lipinski definition) is 4. The molecule has 1 saturated carbocycles. The van der Waals surface area contributed by atoms with Crippen LogP contribution in [0.15, 0.2) is 0 Å². The summed E-state index contributed by atoms with van der Waals surface area (Å²) in [6, 6.07) is 0. The first-order valence-corrected chi connectivity index (χ1v) is 8.47. The van der Waals surface area contributed by atoms with Gasteiger partial charge in [0.2, 0.25) is 0 Å². The van der Waals surface area contributed by atoms with E-state index in [1.807, 2.05) is 0 Å². The minimum Gasteiger partial charge on any atom is -0.365 e. The highest BCUT2D eigenvalue weighted by Crippen LogP contribution is 2.40. The lowest BCUT2D eigenvalue weighted by molar-refractivity contribution is -0.179. The van der Waals surface area contributed by atoms with Gasteiger partial charge in [0.15, 0.2) is 9.84 Å². The molecule has 0 amide bonds. The topological polar surface area (TPSA) is 55.4 Å². The maximum atomic E-state index is 11.7. The van der Waals surface area contributed by atoms with Crippen molar-refractivity contribution in [3.05, 3.63) is 0 Å². The lowest BCUT2D eigenvalue weighted by Crippen LogP contribution is -2.61. The third-order valence-corrected chi connectivity index (χ3v) is 6.24. The van der Waals surface area contributed by atoms with E-state index < -0.39 is 15.4 Å². The maximum Gasteiger partial charge on any atom is 0.153 e. The van der Waals surface area contributed by atoms with Gasteiger partial charge in [0.05, 0.1) is 22.7 Å². The van der Waals surface area contributed by atoms with Crippen molar-refractivity contribution in [1.82, 2.24) is 5.32 Å². The number of ether oxygens (including phenoxy) is 1. The number of sulfone groups is 1. The van der Waals surface area contributed by atoms with E-state index >= 15 is 0 Å². The largest absolute Gasteiger partial charge is 0.365 e. The summed E-state index contributed by atoms with van der Waals surface area (Å²) in [5, 5.41) is 3.43. The molecule has 3 fully saturated rings. The smallest absolute Gasteiger partial charge is 0.153 e. The highest BCUT2D eigenvalue weighted by Gasteiger charge is 2.51. The molecule has 2 saturated heterocycles. The van der Waals surface area contributed by atoms with Crippen LogP contribution in [0.1, 0.15) is 38.5 Å². The zero-order valence-electron chi connectivity index (χ0n) is 10.2. The lowest BCUT2D eigenvalue weighted by Gasteiger charge is -2.48. The molecule has 0 aromatic carbocycles. The molecule has 2 aliphatic heterocycles. The van der Waals surface area contributed by atoms with Crippen LogP contribution in [0.4, 0.5) is 0 Å². The average Bonchev–Trinajstić information content (AvgIpc) is 2.55. The summed E-state index contributed by atoms with van der Waals surface area (Å²) >= 11 is 0. The molecule has 0 aromatic rings. The van der Waals surface area contributed by atoms with Crippen molar-refractivity contribution in [1.29, 1.82) is 0 Å². The Morgan fingerprint density at radius 2 is 1.65 bits per heavy atom. The second-order valence-corrected chi connectivity index (χ2v) is 8.16. The molecule has 2 spiro atoms. The third kappa shape index (κ3) is 2.25. The van der Waals surface area contributed by atoms with Crippen LogP contribution >= 0.6 is 0 Å². The fourth-order valence-corrected chi connectivity index (χ4v) is 5.57. The fraction of sp³-hybridized carbons (Fsp3) is 1.00. The molecule has 1 N–H and O–H groups in total. The summed E-state index contributed by atoms with van der Waals surface area (Å²) in [5.41, 5.74) is -0.495. The van der Waals surface area contributed by atoms with Crippen LogP contribution in [0.2, 0.25) is 0 Å². The molecule has 3 aliphatic rings. The summed E-state index contributed by atoms with van der Waals surface area (Å²) in [7, 11) is -2.87. The highest BCUT2D eigenvalue weighted by atomic mass is 32.2. The molecule has 98 valence electrons. The zero-order valence-corrected chi connectivity index (χ0v) is 11.0. The maximum absolute atomic E-state index is 11.7. The monoisotopic (exact) mass is 259 g/mol. The van der Waals surface area contributed by atoms with Crippen LogP contribution in [-0.4, -0.2) is 44.2 Å². The standard InChI is InChI=1S/C12H21NO3S/c14-17(15)7-6-12(10-17)9-13-8-11(16-12)4-2-1-3-5-11/h13H,1-10H2. The highest BCUT2D eigenvalue weighted by molar-refractivity contribution is 7.91. The number of rotatable bonds is 0. The van der Waals surface area contributed by atoms with Gasteiger partial charge >= 0.3 is 0 Å². The Morgan fingerprint density at radius 3 is 2.29 bits per heavy atom. The van der Waals surface area contributed by atoms with Crippen molar-refractivity contribution < 1.29 is 13.2 Å². The minimum absolute atomic E-state index is 0.0731.